The highest BCUT2D eigenvalue weighted by Crippen LogP contribution is 2.62. The molecular formula is C46H70F7N. The van der Waals surface area contributed by atoms with Crippen molar-refractivity contribution in [1.29, 1.82) is 5.26 Å². The Morgan fingerprint density at radius 3 is 1.22 bits per heavy atom. The maximum atomic E-state index is 15.2. The van der Waals surface area contributed by atoms with Gasteiger partial charge in [0.2, 0.25) is 0 Å². The second-order valence-electron chi connectivity index (χ2n) is 20.9. The fourth-order valence-electron chi connectivity index (χ4n) is 14.5. The smallest absolute Gasteiger partial charge is 0.247 e. The van der Waals surface area contributed by atoms with Crippen LogP contribution in [0.5, 0.6) is 0 Å². The normalized spacial score (nSPS) is 51.5. The zero-order chi connectivity index (χ0) is 38.5. The van der Waals surface area contributed by atoms with Gasteiger partial charge in [-0.25, -0.2) is 30.7 Å². The second kappa shape index (κ2) is 16.7. The fraction of sp³-hybridized carbons (Fsp3) is 0.978. The van der Waals surface area contributed by atoms with Crippen LogP contribution >= 0.6 is 0 Å². The van der Waals surface area contributed by atoms with E-state index in [9.17, 15) is 13.2 Å². The molecule has 0 spiro atoms. The van der Waals surface area contributed by atoms with Crippen molar-refractivity contribution in [2.45, 2.75) is 186 Å². The zero-order valence-electron chi connectivity index (χ0n) is 33.4. The van der Waals surface area contributed by atoms with Crippen molar-refractivity contribution in [2.75, 3.05) is 0 Å². The van der Waals surface area contributed by atoms with Gasteiger partial charge in [-0.15, -0.1) is 0 Å². The van der Waals surface area contributed by atoms with E-state index in [1.54, 1.807) is 6.92 Å². The number of hydrogen-bond acceptors (Lipinski definition) is 1. The Morgan fingerprint density at radius 1 is 0.426 bits per heavy atom. The lowest BCUT2D eigenvalue weighted by molar-refractivity contribution is -0.146. The first-order chi connectivity index (χ1) is 25.7. The molecule has 0 aromatic carbocycles. The fourth-order valence-corrected chi connectivity index (χ4v) is 14.5. The van der Waals surface area contributed by atoms with Crippen LogP contribution in [0.1, 0.15) is 156 Å². The van der Waals surface area contributed by atoms with Gasteiger partial charge in [0.1, 0.15) is 18.5 Å². The molecule has 1 nitrogen and oxygen atoms in total. The van der Waals surface area contributed by atoms with Gasteiger partial charge in [0.15, 0.2) is 0 Å². The second-order valence-corrected chi connectivity index (χ2v) is 20.9. The van der Waals surface area contributed by atoms with E-state index in [-0.39, 0.29) is 36.0 Å². The molecule has 11 atom stereocenters. The van der Waals surface area contributed by atoms with E-state index in [1.165, 1.54) is 51.4 Å². The minimum atomic E-state index is -3.04. The van der Waals surface area contributed by atoms with Crippen molar-refractivity contribution >= 4 is 0 Å². The van der Waals surface area contributed by atoms with Crippen LogP contribution in [0.25, 0.3) is 0 Å². The minimum absolute atomic E-state index is 0.00457. The predicted molar refractivity (Wildman–Crippen MR) is 200 cm³/mol. The largest absolute Gasteiger partial charge is 0.257 e. The summed E-state index contributed by atoms with van der Waals surface area (Å²) < 4.78 is 104. The standard InChI is InChI=1S/C23H36F4.C23H34F3N/c1-13-3-5-15(6-4-13)16-7-9-17(10-8-16)19-12-18-11-14(2)21(24)22(25)20(18)23(19,26)27;1-14-2-4-16(5-3-14)17-6-8-18(9-7-17)20-12-19-10-15(13-27)11-21(24)22(19)23(20,25)26/h13-22H,3-12H2,1-2H3;14-22H,2-12H2,1H3. The molecule has 0 N–H and O–H groups in total. The lowest BCUT2D eigenvalue weighted by Gasteiger charge is -2.41. The summed E-state index contributed by atoms with van der Waals surface area (Å²) in [5.74, 6) is -6.48. The number of fused-ring (bicyclic) bond motifs is 2. The Hall–Kier alpha value is -1.00. The number of rotatable bonds is 4. The van der Waals surface area contributed by atoms with Crippen molar-refractivity contribution in [1.82, 2.24) is 0 Å². The predicted octanol–water partition coefficient (Wildman–Crippen LogP) is 14.0. The highest BCUT2D eigenvalue weighted by atomic mass is 19.3. The topological polar surface area (TPSA) is 23.8 Å². The Balaban J connectivity index is 0.000000167. The summed E-state index contributed by atoms with van der Waals surface area (Å²) in [4.78, 5) is 0. The van der Waals surface area contributed by atoms with Crippen molar-refractivity contribution in [3.05, 3.63) is 0 Å². The van der Waals surface area contributed by atoms with Gasteiger partial charge in [-0.2, -0.15) is 5.26 Å². The van der Waals surface area contributed by atoms with E-state index < -0.39 is 59.9 Å². The first kappa shape index (κ1) is 41.2. The number of nitrogens with zero attached hydrogens (tertiary/aromatic N) is 1. The highest BCUT2D eigenvalue weighted by Gasteiger charge is 2.66. The molecule has 54 heavy (non-hydrogen) atoms. The number of nitriles is 1. The summed E-state index contributed by atoms with van der Waals surface area (Å²) in [6.45, 7) is 6.34. The third kappa shape index (κ3) is 8.16. The maximum Gasteiger partial charge on any atom is 0.257 e. The lowest BCUT2D eigenvalue weighted by atomic mass is 9.67. The van der Waals surface area contributed by atoms with Gasteiger partial charge in [0, 0.05) is 17.8 Å². The van der Waals surface area contributed by atoms with Gasteiger partial charge in [0.05, 0.1) is 17.9 Å². The number of halogens is 7. The van der Waals surface area contributed by atoms with Crippen LogP contribution in [0.15, 0.2) is 0 Å². The third-order valence-electron chi connectivity index (χ3n) is 17.8. The Kier molecular flexibility index (Phi) is 12.7. The molecule has 0 heterocycles. The van der Waals surface area contributed by atoms with Gasteiger partial charge in [-0.3, -0.25) is 0 Å². The van der Waals surface area contributed by atoms with Crippen LogP contribution in [-0.4, -0.2) is 30.4 Å². The van der Waals surface area contributed by atoms with E-state index >= 15 is 17.6 Å². The SMILES string of the molecule is CC1CCC(C2CCC(C3CC4CC(C#N)CC(F)C4C3(F)F)CC2)CC1.CC1CCC(C2CCC(C3CC4CC(C)C(F)C(F)C4C3(F)F)CC2)CC1. The molecule has 0 aliphatic heterocycles. The average molecular weight is 770 g/mol. The number of hydrogen-bond donors (Lipinski definition) is 0. The molecular weight excluding hydrogens is 699 g/mol. The Bertz CT molecular complexity index is 1250. The van der Waals surface area contributed by atoms with E-state index in [1.807, 2.05) is 0 Å². The van der Waals surface area contributed by atoms with Crippen molar-refractivity contribution in [2.24, 2.45) is 94.7 Å². The Labute approximate surface area is 322 Å². The van der Waals surface area contributed by atoms with Crippen molar-refractivity contribution < 1.29 is 30.7 Å². The van der Waals surface area contributed by atoms with Gasteiger partial charge in [-0.05, 0) is 174 Å². The molecule has 11 unspecified atom stereocenters. The molecule has 8 rings (SSSR count). The van der Waals surface area contributed by atoms with Gasteiger partial charge in [0.25, 0.3) is 11.8 Å². The van der Waals surface area contributed by atoms with Gasteiger partial charge >= 0.3 is 0 Å². The van der Waals surface area contributed by atoms with Crippen LogP contribution in [0, 0.1) is 106 Å². The molecule has 0 radical (unpaired) electrons. The monoisotopic (exact) mass is 770 g/mol. The molecule has 0 bridgehead atoms. The van der Waals surface area contributed by atoms with Crippen molar-refractivity contribution in [3.8, 4) is 6.07 Å². The first-order valence-corrected chi connectivity index (χ1v) is 22.8. The summed E-state index contributed by atoms with van der Waals surface area (Å²) >= 11 is 0. The lowest BCUT2D eigenvalue weighted by Crippen LogP contribution is -2.48. The van der Waals surface area contributed by atoms with Crippen LogP contribution in [0.3, 0.4) is 0 Å². The molecule has 0 amide bonds. The third-order valence-corrected chi connectivity index (χ3v) is 17.8. The molecule has 8 saturated carbocycles. The van der Waals surface area contributed by atoms with Crippen LogP contribution in [-0.2, 0) is 0 Å². The first-order valence-electron chi connectivity index (χ1n) is 22.8. The average Bonchev–Trinajstić information content (AvgIpc) is 3.59. The Morgan fingerprint density at radius 2 is 0.796 bits per heavy atom. The highest BCUT2D eigenvalue weighted by molar-refractivity contribution is 5.09. The molecule has 0 saturated heterocycles. The van der Waals surface area contributed by atoms with E-state index in [4.69, 9.17) is 5.26 Å². The van der Waals surface area contributed by atoms with Crippen molar-refractivity contribution in [3.63, 3.8) is 0 Å². The summed E-state index contributed by atoms with van der Waals surface area (Å²) in [5.41, 5.74) is 0. The summed E-state index contributed by atoms with van der Waals surface area (Å²) in [7, 11) is 0. The van der Waals surface area contributed by atoms with Crippen LogP contribution in [0.4, 0.5) is 30.7 Å². The summed E-state index contributed by atoms with van der Waals surface area (Å²) in [5, 5.41) is 9.14. The maximum absolute atomic E-state index is 15.2. The van der Waals surface area contributed by atoms with E-state index in [0.717, 1.165) is 81.0 Å². The van der Waals surface area contributed by atoms with E-state index in [2.05, 4.69) is 19.9 Å². The van der Waals surface area contributed by atoms with Crippen LogP contribution in [0.2, 0.25) is 0 Å². The molecule has 8 aliphatic rings. The molecule has 8 fully saturated rings. The minimum Gasteiger partial charge on any atom is -0.247 e. The van der Waals surface area contributed by atoms with Gasteiger partial charge in [-0.1, -0.05) is 46.5 Å². The summed E-state index contributed by atoms with van der Waals surface area (Å²) in [6, 6.07) is 2.13. The molecule has 308 valence electrons. The molecule has 8 aliphatic carbocycles. The van der Waals surface area contributed by atoms with Gasteiger partial charge < -0.3 is 0 Å². The molecule has 0 aromatic rings. The van der Waals surface area contributed by atoms with E-state index in [0.29, 0.717) is 31.6 Å². The quantitative estimate of drug-likeness (QED) is 0.261. The molecule has 8 heteroatoms. The zero-order valence-corrected chi connectivity index (χ0v) is 33.4. The summed E-state index contributed by atoms with van der Waals surface area (Å²) in [6.07, 6.45) is 14.9. The molecule has 0 aromatic heterocycles. The van der Waals surface area contributed by atoms with Crippen LogP contribution < -0.4 is 0 Å². The number of alkyl halides is 7.